The van der Waals surface area contributed by atoms with Gasteiger partial charge in [-0.25, -0.2) is 8.42 Å². The van der Waals surface area contributed by atoms with Crippen molar-refractivity contribution in [3.8, 4) is 0 Å². The van der Waals surface area contributed by atoms with E-state index in [0.29, 0.717) is 30.8 Å². The van der Waals surface area contributed by atoms with Crippen LogP contribution in [0.5, 0.6) is 0 Å². The van der Waals surface area contributed by atoms with Crippen molar-refractivity contribution in [2.24, 2.45) is 13.0 Å². The Morgan fingerprint density at radius 1 is 1.40 bits per heavy atom. The highest BCUT2D eigenvalue weighted by molar-refractivity contribution is 7.89. The first kappa shape index (κ1) is 17.6. The van der Waals surface area contributed by atoms with Gasteiger partial charge in [0.2, 0.25) is 15.9 Å². The molecule has 1 fully saturated rings. The summed E-state index contributed by atoms with van der Waals surface area (Å²) in [5.74, 6) is -0.352. The van der Waals surface area contributed by atoms with Gasteiger partial charge < -0.3 is 9.84 Å². The molecule has 0 aliphatic carbocycles. The standard InChI is InChI=1S/C15H21N5O4S/c1-10-14(11(2)24-18-10)25(22,23)20-6-4-5-12(8-20)15(21)17-13-7-16-19(3)9-13/h7,9,12H,4-6,8H2,1-3H3,(H,17,21)/t12-/m1/s1. The SMILES string of the molecule is Cc1noc(C)c1S(=O)(=O)N1CCC[C@@H](C(=O)Nc2cnn(C)c2)C1. The predicted molar refractivity (Wildman–Crippen MR) is 89.3 cm³/mol. The Hall–Kier alpha value is -2.20. The molecule has 1 amide bonds. The van der Waals surface area contributed by atoms with Crippen molar-refractivity contribution in [1.82, 2.24) is 19.2 Å². The largest absolute Gasteiger partial charge is 0.360 e. The molecule has 9 nitrogen and oxygen atoms in total. The Kier molecular flexibility index (Phi) is 4.65. The van der Waals surface area contributed by atoms with E-state index in [1.54, 1.807) is 38.0 Å². The van der Waals surface area contributed by atoms with E-state index in [4.69, 9.17) is 4.52 Å². The number of hydrogen-bond donors (Lipinski definition) is 1. The molecule has 3 heterocycles. The maximum atomic E-state index is 12.9. The molecular formula is C15H21N5O4S. The third kappa shape index (κ3) is 3.45. The maximum absolute atomic E-state index is 12.9. The first-order valence-electron chi connectivity index (χ1n) is 8.01. The highest BCUT2D eigenvalue weighted by Gasteiger charge is 2.36. The minimum atomic E-state index is -3.73. The van der Waals surface area contributed by atoms with Gasteiger partial charge in [0.1, 0.15) is 10.6 Å². The third-order valence-electron chi connectivity index (χ3n) is 4.29. The summed E-state index contributed by atoms with van der Waals surface area (Å²) in [4.78, 5) is 12.6. The van der Waals surface area contributed by atoms with Crippen LogP contribution in [0.3, 0.4) is 0 Å². The molecule has 25 heavy (non-hydrogen) atoms. The number of nitrogens with one attached hydrogen (secondary N) is 1. The number of nitrogens with zero attached hydrogens (tertiary/aromatic N) is 4. The molecule has 0 saturated carbocycles. The molecule has 3 rings (SSSR count). The van der Waals surface area contributed by atoms with Crippen molar-refractivity contribution in [1.29, 1.82) is 0 Å². The van der Waals surface area contributed by atoms with Crippen molar-refractivity contribution in [3.63, 3.8) is 0 Å². The molecule has 0 unspecified atom stereocenters. The zero-order chi connectivity index (χ0) is 18.2. The fourth-order valence-electron chi connectivity index (χ4n) is 3.08. The highest BCUT2D eigenvalue weighted by Crippen LogP contribution is 2.28. The molecule has 2 aromatic rings. The van der Waals surface area contributed by atoms with Gasteiger partial charge in [-0.2, -0.15) is 9.40 Å². The Balaban J connectivity index is 1.75. The Bertz CT molecular complexity index is 866. The average Bonchev–Trinajstić information content (AvgIpc) is 3.13. The van der Waals surface area contributed by atoms with E-state index in [1.165, 1.54) is 4.31 Å². The van der Waals surface area contributed by atoms with Gasteiger partial charge in [-0.1, -0.05) is 5.16 Å². The van der Waals surface area contributed by atoms with E-state index >= 15 is 0 Å². The quantitative estimate of drug-likeness (QED) is 0.865. The van der Waals surface area contributed by atoms with Crippen molar-refractivity contribution in [3.05, 3.63) is 23.8 Å². The topological polar surface area (TPSA) is 110 Å². The van der Waals surface area contributed by atoms with E-state index in [2.05, 4.69) is 15.6 Å². The number of aromatic nitrogens is 3. The maximum Gasteiger partial charge on any atom is 0.248 e. The molecule has 1 N–H and O–H groups in total. The molecule has 0 bridgehead atoms. The van der Waals surface area contributed by atoms with Gasteiger partial charge in [-0.05, 0) is 26.7 Å². The predicted octanol–water partition coefficient (Wildman–Crippen LogP) is 1.06. The first-order valence-corrected chi connectivity index (χ1v) is 9.45. The number of carbonyl (C=O) groups is 1. The summed E-state index contributed by atoms with van der Waals surface area (Å²) in [6.45, 7) is 3.69. The van der Waals surface area contributed by atoms with E-state index in [9.17, 15) is 13.2 Å². The van der Waals surface area contributed by atoms with Gasteiger partial charge >= 0.3 is 0 Å². The molecule has 0 radical (unpaired) electrons. The van der Waals surface area contributed by atoms with Crippen LogP contribution in [0.1, 0.15) is 24.3 Å². The number of anilines is 1. The summed E-state index contributed by atoms with van der Waals surface area (Å²) in [5.41, 5.74) is 0.928. The number of carbonyl (C=O) groups excluding carboxylic acids is 1. The number of sulfonamides is 1. The number of hydrogen-bond acceptors (Lipinski definition) is 6. The average molecular weight is 367 g/mol. The van der Waals surface area contributed by atoms with Crippen molar-refractivity contribution in [2.45, 2.75) is 31.6 Å². The molecular weight excluding hydrogens is 346 g/mol. The molecule has 2 aromatic heterocycles. The molecule has 1 atom stereocenters. The van der Waals surface area contributed by atoms with Crippen LogP contribution in [0.4, 0.5) is 5.69 Å². The molecule has 1 aliphatic heterocycles. The van der Waals surface area contributed by atoms with Gasteiger partial charge in [0.05, 0.1) is 17.8 Å². The number of aryl methyl sites for hydroxylation is 3. The lowest BCUT2D eigenvalue weighted by Gasteiger charge is -2.31. The van der Waals surface area contributed by atoms with Crippen molar-refractivity contribution in [2.75, 3.05) is 18.4 Å². The van der Waals surface area contributed by atoms with E-state index in [-0.39, 0.29) is 23.1 Å². The monoisotopic (exact) mass is 367 g/mol. The van der Waals surface area contributed by atoms with Gasteiger partial charge in [0, 0.05) is 26.3 Å². The molecule has 1 aliphatic rings. The zero-order valence-corrected chi connectivity index (χ0v) is 15.2. The van der Waals surface area contributed by atoms with Gasteiger partial charge in [-0.3, -0.25) is 9.48 Å². The molecule has 0 spiro atoms. The van der Waals surface area contributed by atoms with Gasteiger partial charge in [-0.15, -0.1) is 0 Å². The second-order valence-corrected chi connectivity index (χ2v) is 8.12. The lowest BCUT2D eigenvalue weighted by molar-refractivity contribution is -0.120. The molecule has 1 saturated heterocycles. The fraction of sp³-hybridized carbons (Fsp3) is 0.533. The normalized spacial score (nSPS) is 19.1. The molecule has 0 aromatic carbocycles. The van der Waals surface area contributed by atoms with Crippen LogP contribution in [-0.4, -0.2) is 46.7 Å². The smallest absolute Gasteiger partial charge is 0.248 e. The van der Waals surface area contributed by atoms with Crippen LogP contribution >= 0.6 is 0 Å². The first-order chi connectivity index (χ1) is 11.8. The lowest BCUT2D eigenvalue weighted by Crippen LogP contribution is -2.43. The summed E-state index contributed by atoms with van der Waals surface area (Å²) >= 11 is 0. The zero-order valence-electron chi connectivity index (χ0n) is 14.4. The second-order valence-electron chi connectivity index (χ2n) is 6.25. The molecule has 136 valence electrons. The van der Waals surface area contributed by atoms with Crippen LogP contribution in [-0.2, 0) is 21.9 Å². The van der Waals surface area contributed by atoms with Crippen molar-refractivity contribution >= 4 is 21.6 Å². The number of piperidine rings is 1. The Labute approximate surface area is 146 Å². The highest BCUT2D eigenvalue weighted by atomic mass is 32.2. The van der Waals surface area contributed by atoms with Gasteiger partial charge in [0.25, 0.3) is 0 Å². The van der Waals surface area contributed by atoms with Crippen LogP contribution < -0.4 is 5.32 Å². The van der Waals surface area contributed by atoms with E-state index in [0.717, 1.165) is 0 Å². The summed E-state index contributed by atoms with van der Waals surface area (Å²) in [7, 11) is -1.98. The second kappa shape index (κ2) is 6.60. The van der Waals surface area contributed by atoms with Crippen molar-refractivity contribution < 1.29 is 17.7 Å². The molecule has 10 heteroatoms. The van der Waals surface area contributed by atoms with E-state index in [1.807, 2.05) is 0 Å². The van der Waals surface area contributed by atoms with Crippen LogP contribution in [0, 0.1) is 19.8 Å². The Morgan fingerprint density at radius 3 is 2.76 bits per heavy atom. The Morgan fingerprint density at radius 2 is 2.16 bits per heavy atom. The summed E-state index contributed by atoms with van der Waals surface area (Å²) < 4.78 is 33.7. The van der Waals surface area contributed by atoms with E-state index < -0.39 is 15.9 Å². The fourth-order valence-corrected chi connectivity index (χ4v) is 4.89. The van der Waals surface area contributed by atoms with Crippen LogP contribution in [0.15, 0.2) is 21.8 Å². The lowest BCUT2D eigenvalue weighted by atomic mass is 9.99. The number of rotatable bonds is 4. The summed E-state index contributed by atoms with van der Waals surface area (Å²) in [6, 6.07) is 0. The summed E-state index contributed by atoms with van der Waals surface area (Å²) in [6.07, 6.45) is 4.51. The van der Waals surface area contributed by atoms with Gasteiger partial charge in [0.15, 0.2) is 5.76 Å². The van der Waals surface area contributed by atoms with Crippen LogP contribution in [0.25, 0.3) is 0 Å². The summed E-state index contributed by atoms with van der Waals surface area (Å²) in [5, 5.41) is 10.5. The third-order valence-corrected chi connectivity index (χ3v) is 6.40. The van der Waals surface area contributed by atoms with Crippen LogP contribution in [0.2, 0.25) is 0 Å². The number of amides is 1. The minimum absolute atomic E-state index is 0.0980. The minimum Gasteiger partial charge on any atom is -0.360 e.